The summed E-state index contributed by atoms with van der Waals surface area (Å²) in [4.78, 5) is 37.0. The summed E-state index contributed by atoms with van der Waals surface area (Å²) in [5.41, 5.74) is 7.47. The number of thiophene rings is 6. The van der Waals surface area contributed by atoms with Crippen molar-refractivity contribution in [1.82, 2.24) is 0 Å². The topological polar surface area (TPSA) is 40.5 Å². The summed E-state index contributed by atoms with van der Waals surface area (Å²) in [6.45, 7) is 36.6. The SMILES string of the molecule is [B]C(C)(C)c1sc(-c2scc(C(C)C(C)(CC)c3sc(-c4sc(C(C)c5ccc(-c6cccs6)s5)cc4CCCCCC)cc3CCCCCC)c2CCCC(C)(C)[Si](C)(C)O)cc1CCCC(C)(C)[Si](C)(C)O. The van der Waals surface area contributed by atoms with Crippen molar-refractivity contribution in [1.29, 1.82) is 0 Å². The second kappa shape index (κ2) is 25.8. The number of hydrogen-bond donors (Lipinski definition) is 2. The molecule has 0 saturated heterocycles. The second-order valence-corrected chi connectivity index (χ2v) is 40.3. The summed E-state index contributed by atoms with van der Waals surface area (Å²) in [7, 11) is 2.36. The summed E-state index contributed by atoms with van der Waals surface area (Å²) >= 11 is 11.9. The summed E-state index contributed by atoms with van der Waals surface area (Å²) in [5, 5.41) is 4.16. The van der Waals surface area contributed by atoms with Crippen molar-refractivity contribution in [3.63, 3.8) is 0 Å². The third-order valence-corrected chi connectivity index (χ3v) is 32.9. The Balaban J connectivity index is 1.44. The van der Waals surface area contributed by atoms with Gasteiger partial charge in [0.1, 0.15) is 0 Å². The highest BCUT2D eigenvalue weighted by Crippen LogP contribution is 2.54. The van der Waals surface area contributed by atoms with Crippen molar-refractivity contribution in [2.75, 3.05) is 0 Å². The maximum Gasteiger partial charge on any atom is 0.188 e. The first-order valence-electron chi connectivity index (χ1n) is 28.5. The minimum Gasteiger partial charge on any atom is -0.432 e. The van der Waals surface area contributed by atoms with Gasteiger partial charge in [0.2, 0.25) is 0 Å². The summed E-state index contributed by atoms with van der Waals surface area (Å²) in [6.07, 6.45) is 19.6. The van der Waals surface area contributed by atoms with E-state index in [-0.39, 0.29) is 15.5 Å². The van der Waals surface area contributed by atoms with E-state index in [1.165, 1.54) is 112 Å². The Morgan fingerprint density at radius 2 is 1.11 bits per heavy atom. The van der Waals surface area contributed by atoms with E-state index in [0.29, 0.717) is 11.8 Å². The fourth-order valence-corrected chi connectivity index (χ4v) is 19.7. The average molecular weight is 1140 g/mol. The van der Waals surface area contributed by atoms with Crippen molar-refractivity contribution < 1.29 is 9.59 Å². The predicted molar refractivity (Wildman–Crippen MR) is 344 cm³/mol. The molecule has 3 atom stereocenters. The molecule has 0 aliphatic heterocycles. The molecule has 0 fully saturated rings. The van der Waals surface area contributed by atoms with E-state index in [2.05, 4.69) is 185 Å². The Hall–Kier alpha value is -1.38. The van der Waals surface area contributed by atoms with Gasteiger partial charge in [0.05, 0.1) is 7.85 Å². The van der Waals surface area contributed by atoms with Crippen LogP contribution in [-0.4, -0.2) is 34.1 Å². The van der Waals surface area contributed by atoms with E-state index in [1.807, 2.05) is 45.3 Å². The van der Waals surface area contributed by atoms with Gasteiger partial charge in [0.25, 0.3) is 0 Å². The van der Waals surface area contributed by atoms with Gasteiger partial charge in [0.15, 0.2) is 16.6 Å². The lowest BCUT2D eigenvalue weighted by Gasteiger charge is -2.37. The van der Waals surface area contributed by atoms with Gasteiger partial charge in [-0.1, -0.05) is 128 Å². The summed E-state index contributed by atoms with van der Waals surface area (Å²) in [6, 6.07) is 16.9. The molecule has 74 heavy (non-hydrogen) atoms. The molecule has 0 aliphatic rings. The number of rotatable bonds is 30. The van der Waals surface area contributed by atoms with Crippen LogP contribution < -0.4 is 0 Å². The number of unbranched alkanes of at least 4 members (excludes halogenated alkanes) is 6. The van der Waals surface area contributed by atoms with Crippen molar-refractivity contribution in [2.24, 2.45) is 0 Å². The van der Waals surface area contributed by atoms with Crippen LogP contribution in [0.1, 0.15) is 226 Å². The van der Waals surface area contributed by atoms with Gasteiger partial charge in [-0.25, -0.2) is 0 Å². The molecule has 2 radical (unpaired) electrons. The molecule has 0 saturated carbocycles. The van der Waals surface area contributed by atoms with E-state index in [9.17, 15) is 9.59 Å². The first-order chi connectivity index (χ1) is 34.7. The van der Waals surface area contributed by atoms with Crippen LogP contribution in [0, 0.1) is 0 Å². The zero-order chi connectivity index (χ0) is 54.4. The van der Waals surface area contributed by atoms with E-state index in [4.69, 9.17) is 7.85 Å². The Kier molecular flexibility index (Phi) is 21.6. The zero-order valence-electron chi connectivity index (χ0n) is 48.8. The quantitative estimate of drug-likeness (QED) is 0.0349. The Bertz CT molecular complexity index is 2670. The summed E-state index contributed by atoms with van der Waals surface area (Å²) in [5.74, 6) is 0.656. The highest BCUT2D eigenvalue weighted by atomic mass is 32.1. The monoisotopic (exact) mass is 1140 g/mol. The van der Waals surface area contributed by atoms with Crippen LogP contribution in [0.15, 0.2) is 53.2 Å². The molecule has 406 valence electrons. The van der Waals surface area contributed by atoms with Crippen molar-refractivity contribution in [2.45, 2.75) is 251 Å². The molecular weight excluding hydrogens is 1050 g/mol. The molecule has 0 aromatic carbocycles. The van der Waals surface area contributed by atoms with Gasteiger partial charge < -0.3 is 9.59 Å². The van der Waals surface area contributed by atoms with Gasteiger partial charge in [-0.15, -0.1) is 68.0 Å². The Labute approximate surface area is 479 Å². The molecule has 0 amide bonds. The lowest BCUT2D eigenvalue weighted by atomic mass is 9.69. The minimum atomic E-state index is -2.38. The van der Waals surface area contributed by atoms with Gasteiger partial charge in [-0.05, 0) is 193 Å². The van der Waals surface area contributed by atoms with Crippen LogP contribution in [0.3, 0.4) is 0 Å². The molecule has 0 spiro atoms. The minimum absolute atomic E-state index is 0.0538. The molecule has 2 nitrogen and oxygen atoms in total. The average Bonchev–Trinajstić information content (AvgIpc) is 4.19. The molecule has 11 heteroatoms. The Morgan fingerprint density at radius 1 is 0.554 bits per heavy atom. The maximum absolute atomic E-state index is 11.4. The van der Waals surface area contributed by atoms with Gasteiger partial charge in [0, 0.05) is 60.1 Å². The first-order valence-corrected chi connectivity index (χ1v) is 39.5. The maximum atomic E-state index is 11.4. The Morgan fingerprint density at radius 3 is 1.66 bits per heavy atom. The molecular formula is C63H95BO2S6Si2. The van der Waals surface area contributed by atoms with Gasteiger partial charge in [-0.3, -0.25) is 0 Å². The van der Waals surface area contributed by atoms with Crippen molar-refractivity contribution in [3.05, 3.63) is 101 Å². The second-order valence-electron chi connectivity index (χ2n) is 25.3. The van der Waals surface area contributed by atoms with E-state index in [1.54, 1.807) is 16.0 Å². The van der Waals surface area contributed by atoms with E-state index < -0.39 is 21.9 Å². The molecule has 0 aliphatic carbocycles. The highest BCUT2D eigenvalue weighted by molar-refractivity contribution is 7.23. The summed E-state index contributed by atoms with van der Waals surface area (Å²) < 4.78 is 0. The fraction of sp³-hybridized carbons (Fsp3) is 0.619. The molecule has 6 aromatic heterocycles. The van der Waals surface area contributed by atoms with Crippen LogP contribution in [-0.2, 0) is 36.4 Å². The smallest absolute Gasteiger partial charge is 0.188 e. The molecule has 2 N–H and O–H groups in total. The van der Waals surface area contributed by atoms with Crippen LogP contribution in [0.25, 0.3) is 29.3 Å². The lowest BCUT2D eigenvalue weighted by molar-refractivity contribution is 0.384. The number of aryl methyl sites for hydroxylation is 3. The fourth-order valence-electron chi connectivity index (χ4n) is 10.6. The van der Waals surface area contributed by atoms with E-state index >= 15 is 0 Å². The van der Waals surface area contributed by atoms with Crippen molar-refractivity contribution in [3.8, 4) is 29.3 Å². The van der Waals surface area contributed by atoms with E-state index in [0.717, 1.165) is 57.8 Å². The van der Waals surface area contributed by atoms with Crippen molar-refractivity contribution >= 4 is 92.5 Å². The third kappa shape index (κ3) is 14.7. The molecule has 6 rings (SSSR count). The van der Waals surface area contributed by atoms with Crippen LogP contribution in [0.4, 0.5) is 0 Å². The van der Waals surface area contributed by atoms with Gasteiger partial charge in [-0.2, -0.15) is 0 Å². The predicted octanol–water partition coefficient (Wildman–Crippen LogP) is 21.9. The zero-order valence-corrected chi connectivity index (χ0v) is 55.7. The number of hydrogen-bond acceptors (Lipinski definition) is 8. The standard InChI is InChI=1S/C63H95BO2S6Si2/c1-17-20-22-24-29-45-39-53(43(4)50-34-35-52(69-50)51-33-28-38-67-51)70-56(45)54-41-47(30-25-23-21-18-2)59(72-54)63(12,19-3)44(5)49-42-68-57(48(49)32-27-37-61(8,9)74(15,16)66)55-40-46(58(71-55)62(10,11)64)31-26-36-60(6,7)73(13,14)65/h28,33-35,38-44,65-66H,17-27,29-32,36-37H2,1-16H3. The lowest BCUT2D eigenvalue weighted by Crippen LogP contribution is -2.39. The first kappa shape index (κ1) is 61.8. The third-order valence-electron chi connectivity index (χ3n) is 17.7. The molecule has 3 unspecified atom stereocenters. The van der Waals surface area contributed by atoms with Gasteiger partial charge >= 0.3 is 0 Å². The highest BCUT2D eigenvalue weighted by Gasteiger charge is 2.41. The molecule has 0 bridgehead atoms. The largest absolute Gasteiger partial charge is 0.432 e. The normalized spacial score (nSPS) is 14.8. The van der Waals surface area contributed by atoms with Crippen LogP contribution in [0.5, 0.6) is 0 Å². The van der Waals surface area contributed by atoms with Crippen LogP contribution >= 0.6 is 68.0 Å². The van der Waals surface area contributed by atoms with Crippen LogP contribution in [0.2, 0.25) is 36.3 Å². The molecule has 6 heterocycles. The molecule has 6 aromatic rings.